The molecule has 3 aromatic rings. The summed E-state index contributed by atoms with van der Waals surface area (Å²) < 4.78 is 24.2. The van der Waals surface area contributed by atoms with Gasteiger partial charge in [0.25, 0.3) is 5.91 Å². The number of amides is 1. The minimum Gasteiger partial charge on any atom is -0.496 e. The summed E-state index contributed by atoms with van der Waals surface area (Å²) in [4.78, 5) is 18.2. The van der Waals surface area contributed by atoms with Gasteiger partial charge in [-0.25, -0.2) is 4.39 Å². The maximum Gasteiger partial charge on any atom is 0.261 e. The Hall–Kier alpha value is -3.02. The molecule has 1 amide bonds. The van der Waals surface area contributed by atoms with Gasteiger partial charge >= 0.3 is 0 Å². The summed E-state index contributed by atoms with van der Waals surface area (Å²) >= 11 is 0. The van der Waals surface area contributed by atoms with Crippen LogP contribution in [0.3, 0.4) is 0 Å². The second-order valence-corrected chi connectivity index (χ2v) is 6.29. The smallest absolute Gasteiger partial charge is 0.261 e. The molecule has 1 aliphatic rings. The van der Waals surface area contributed by atoms with Gasteiger partial charge in [-0.1, -0.05) is 6.07 Å². The lowest BCUT2D eigenvalue weighted by atomic mass is 10.0. The third-order valence-corrected chi connectivity index (χ3v) is 4.87. The Balaban J connectivity index is 1.71. The number of methoxy groups -OCH3 is 2. The van der Waals surface area contributed by atoms with Gasteiger partial charge in [0, 0.05) is 41.7 Å². The molecule has 1 aliphatic heterocycles. The fourth-order valence-corrected chi connectivity index (χ4v) is 3.59. The Kier molecular flexibility index (Phi) is 4.03. The lowest BCUT2D eigenvalue weighted by Crippen LogP contribution is -2.36. The summed E-state index contributed by atoms with van der Waals surface area (Å²) in [5.74, 6) is 0.562. The second kappa shape index (κ2) is 6.37. The van der Waals surface area contributed by atoms with Crippen molar-refractivity contribution in [2.75, 3.05) is 20.8 Å². The van der Waals surface area contributed by atoms with Crippen LogP contribution < -0.4 is 9.47 Å². The minimum absolute atomic E-state index is 0.138. The predicted molar refractivity (Wildman–Crippen MR) is 96.2 cm³/mol. The molecule has 0 radical (unpaired) electrons. The van der Waals surface area contributed by atoms with E-state index in [0.29, 0.717) is 36.6 Å². The van der Waals surface area contributed by atoms with Crippen molar-refractivity contribution < 1.29 is 18.7 Å². The van der Waals surface area contributed by atoms with Gasteiger partial charge in [0.1, 0.15) is 22.9 Å². The Morgan fingerprint density at radius 3 is 2.58 bits per heavy atom. The number of halogens is 1. The molecule has 0 bridgehead atoms. The molecule has 1 N–H and O–H groups in total. The lowest BCUT2D eigenvalue weighted by Gasteiger charge is -2.28. The number of ether oxygens (including phenoxy) is 2. The molecule has 6 heteroatoms. The highest BCUT2D eigenvalue weighted by Crippen LogP contribution is 2.33. The third kappa shape index (κ3) is 2.58. The number of hydrogen-bond acceptors (Lipinski definition) is 3. The van der Waals surface area contributed by atoms with Crippen LogP contribution in [0.2, 0.25) is 0 Å². The summed E-state index contributed by atoms with van der Waals surface area (Å²) in [6.07, 6.45) is 0.689. The second-order valence-electron chi connectivity index (χ2n) is 6.29. The van der Waals surface area contributed by atoms with E-state index in [4.69, 9.17) is 9.47 Å². The van der Waals surface area contributed by atoms with Crippen molar-refractivity contribution in [3.05, 3.63) is 59.0 Å². The third-order valence-electron chi connectivity index (χ3n) is 4.87. The molecular formula is C20H19FN2O3. The topological polar surface area (TPSA) is 54.6 Å². The number of benzene rings is 2. The quantitative estimate of drug-likeness (QED) is 0.783. The molecule has 0 atom stereocenters. The van der Waals surface area contributed by atoms with E-state index in [9.17, 15) is 9.18 Å². The average molecular weight is 354 g/mol. The lowest BCUT2D eigenvalue weighted by molar-refractivity contribution is 0.0728. The highest BCUT2D eigenvalue weighted by Gasteiger charge is 2.28. The van der Waals surface area contributed by atoms with Crippen molar-refractivity contribution >= 4 is 16.8 Å². The summed E-state index contributed by atoms with van der Waals surface area (Å²) in [5.41, 5.74) is 3.28. The van der Waals surface area contributed by atoms with Gasteiger partial charge in [0.2, 0.25) is 0 Å². The van der Waals surface area contributed by atoms with Gasteiger partial charge in [-0.05, 0) is 30.3 Å². The normalized spacial score (nSPS) is 13.6. The number of nitrogens with one attached hydrogen (secondary N) is 1. The number of aromatic amines is 1. The molecule has 0 fully saturated rings. The summed E-state index contributed by atoms with van der Waals surface area (Å²) in [6.45, 7) is 1.03. The van der Waals surface area contributed by atoms with Crippen LogP contribution in [-0.2, 0) is 13.0 Å². The van der Waals surface area contributed by atoms with E-state index in [1.54, 1.807) is 29.2 Å². The van der Waals surface area contributed by atoms with Gasteiger partial charge in [-0.3, -0.25) is 4.79 Å². The van der Waals surface area contributed by atoms with Gasteiger partial charge in [-0.2, -0.15) is 0 Å². The summed E-state index contributed by atoms with van der Waals surface area (Å²) in [5, 5.41) is 0.950. The van der Waals surface area contributed by atoms with E-state index < -0.39 is 0 Å². The molecule has 0 spiro atoms. The van der Waals surface area contributed by atoms with Crippen LogP contribution in [0.15, 0.2) is 36.4 Å². The zero-order valence-corrected chi connectivity index (χ0v) is 14.6. The highest BCUT2D eigenvalue weighted by molar-refractivity contribution is 6.00. The van der Waals surface area contributed by atoms with Crippen LogP contribution in [0, 0.1) is 5.82 Å². The maximum absolute atomic E-state index is 13.5. The van der Waals surface area contributed by atoms with E-state index >= 15 is 0 Å². The Labute approximate surface area is 150 Å². The maximum atomic E-state index is 13.5. The molecule has 1 aromatic heterocycles. The first-order valence-corrected chi connectivity index (χ1v) is 8.41. The number of nitrogens with zero attached hydrogens (tertiary/aromatic N) is 1. The molecule has 0 unspecified atom stereocenters. The largest absolute Gasteiger partial charge is 0.496 e. The number of carbonyl (C=O) groups excluding carboxylic acids is 1. The number of hydrogen-bond donors (Lipinski definition) is 1. The zero-order valence-electron chi connectivity index (χ0n) is 14.6. The first kappa shape index (κ1) is 16.4. The SMILES string of the molecule is COc1cccc(OC)c1C(=O)N1CCc2[nH]c3cc(F)ccc3c2C1. The van der Waals surface area contributed by atoms with E-state index in [1.807, 2.05) is 0 Å². The van der Waals surface area contributed by atoms with Gasteiger partial charge in [0.05, 0.1) is 14.2 Å². The molecule has 0 saturated carbocycles. The number of carbonyl (C=O) groups is 1. The van der Waals surface area contributed by atoms with E-state index in [-0.39, 0.29) is 11.7 Å². The number of fused-ring (bicyclic) bond motifs is 3. The van der Waals surface area contributed by atoms with E-state index in [0.717, 1.165) is 22.2 Å². The summed E-state index contributed by atoms with van der Waals surface area (Å²) in [7, 11) is 3.07. The molecule has 2 heterocycles. The molecule has 2 aromatic carbocycles. The zero-order chi connectivity index (χ0) is 18.3. The Bertz CT molecular complexity index is 974. The summed E-state index contributed by atoms with van der Waals surface area (Å²) in [6, 6.07) is 9.98. The van der Waals surface area contributed by atoms with Crippen molar-refractivity contribution in [2.24, 2.45) is 0 Å². The van der Waals surface area contributed by atoms with Gasteiger partial charge in [-0.15, -0.1) is 0 Å². The number of aromatic nitrogens is 1. The van der Waals surface area contributed by atoms with Crippen molar-refractivity contribution in [1.29, 1.82) is 0 Å². The Morgan fingerprint density at radius 2 is 1.88 bits per heavy atom. The predicted octanol–water partition coefficient (Wildman–Crippen LogP) is 3.52. The highest BCUT2D eigenvalue weighted by atomic mass is 19.1. The van der Waals surface area contributed by atoms with Gasteiger partial charge < -0.3 is 19.4 Å². The van der Waals surface area contributed by atoms with Crippen LogP contribution >= 0.6 is 0 Å². The van der Waals surface area contributed by atoms with Gasteiger partial charge in [0.15, 0.2) is 0 Å². The Morgan fingerprint density at radius 1 is 1.15 bits per heavy atom. The number of rotatable bonds is 3. The molecule has 26 heavy (non-hydrogen) atoms. The van der Waals surface area contributed by atoms with Crippen molar-refractivity contribution in [2.45, 2.75) is 13.0 Å². The molecule has 0 aliphatic carbocycles. The van der Waals surface area contributed by atoms with Crippen molar-refractivity contribution in [1.82, 2.24) is 9.88 Å². The fourth-order valence-electron chi connectivity index (χ4n) is 3.59. The van der Waals surface area contributed by atoms with Crippen LogP contribution in [0.25, 0.3) is 10.9 Å². The molecule has 134 valence electrons. The minimum atomic E-state index is -0.275. The van der Waals surface area contributed by atoms with E-state index in [1.165, 1.54) is 26.4 Å². The average Bonchev–Trinajstić information content (AvgIpc) is 3.03. The van der Waals surface area contributed by atoms with Crippen LogP contribution in [0.5, 0.6) is 11.5 Å². The molecule has 4 rings (SSSR count). The van der Waals surface area contributed by atoms with Crippen LogP contribution in [0.1, 0.15) is 21.6 Å². The standard InChI is InChI=1S/C20H19FN2O3/c1-25-17-4-3-5-18(26-2)19(17)20(24)23-9-8-15-14(11-23)13-7-6-12(21)10-16(13)22-15/h3-7,10,22H,8-9,11H2,1-2H3. The van der Waals surface area contributed by atoms with Crippen molar-refractivity contribution in [3.8, 4) is 11.5 Å². The van der Waals surface area contributed by atoms with Crippen LogP contribution in [0.4, 0.5) is 4.39 Å². The fraction of sp³-hybridized carbons (Fsp3) is 0.250. The van der Waals surface area contributed by atoms with Crippen LogP contribution in [-0.4, -0.2) is 36.6 Å². The molecular weight excluding hydrogens is 335 g/mol. The molecule has 0 saturated heterocycles. The monoisotopic (exact) mass is 354 g/mol. The van der Waals surface area contributed by atoms with Crippen molar-refractivity contribution in [3.63, 3.8) is 0 Å². The first-order chi connectivity index (χ1) is 12.6. The van der Waals surface area contributed by atoms with E-state index in [2.05, 4.69) is 4.98 Å². The molecule has 5 nitrogen and oxygen atoms in total. The first-order valence-electron chi connectivity index (χ1n) is 8.41. The number of H-pyrrole nitrogens is 1.